The number of benzene rings is 1. The van der Waals surface area contributed by atoms with Gasteiger partial charge >= 0.3 is 0 Å². The molecule has 2 fully saturated rings. The van der Waals surface area contributed by atoms with E-state index in [0.717, 1.165) is 31.2 Å². The van der Waals surface area contributed by atoms with Crippen LogP contribution in [0.1, 0.15) is 40.7 Å². The number of rotatable bonds is 3. The molecule has 20 heavy (non-hydrogen) atoms. The number of nitrogens with zero attached hydrogens (tertiary/aromatic N) is 1. The summed E-state index contributed by atoms with van der Waals surface area (Å²) < 4.78 is 0. The summed E-state index contributed by atoms with van der Waals surface area (Å²) in [6, 6.07) is 7.18. The van der Waals surface area contributed by atoms with Gasteiger partial charge in [0.05, 0.1) is 0 Å². The van der Waals surface area contributed by atoms with Crippen LogP contribution in [0.3, 0.4) is 0 Å². The van der Waals surface area contributed by atoms with E-state index >= 15 is 0 Å². The van der Waals surface area contributed by atoms with Crippen LogP contribution in [0.2, 0.25) is 0 Å². The normalized spacial score (nSPS) is 26.4. The Bertz CT molecular complexity index is 514. The second kappa shape index (κ2) is 5.54. The maximum atomic E-state index is 11.2. The molecule has 3 N–H and O–H groups in total. The standard InChI is InChI=1S/C16H23N3O/c1-11-8-12(16(17)20)2-3-13(11)9-19-7-6-14-4-5-15(10-19)18-14/h2-3,8,14-15,18H,4-7,9-10H2,1H3,(H2,17,20). The van der Waals surface area contributed by atoms with Crippen LogP contribution in [-0.2, 0) is 6.54 Å². The molecule has 3 rings (SSSR count). The number of hydrogen-bond donors (Lipinski definition) is 2. The summed E-state index contributed by atoms with van der Waals surface area (Å²) in [4.78, 5) is 13.7. The van der Waals surface area contributed by atoms with E-state index in [-0.39, 0.29) is 5.91 Å². The van der Waals surface area contributed by atoms with Gasteiger partial charge in [0.2, 0.25) is 5.91 Å². The third kappa shape index (κ3) is 2.86. The number of likely N-dealkylation sites (tertiary alicyclic amines) is 1. The van der Waals surface area contributed by atoms with Gasteiger partial charge in [0, 0.05) is 37.3 Å². The summed E-state index contributed by atoms with van der Waals surface area (Å²) in [5.41, 5.74) is 8.38. The summed E-state index contributed by atoms with van der Waals surface area (Å²) >= 11 is 0. The maximum absolute atomic E-state index is 11.2. The zero-order valence-corrected chi connectivity index (χ0v) is 12.1. The van der Waals surface area contributed by atoms with Gasteiger partial charge in [-0.05, 0) is 49.4 Å². The molecule has 4 heteroatoms. The fraction of sp³-hybridized carbons (Fsp3) is 0.562. The molecule has 2 unspecified atom stereocenters. The van der Waals surface area contributed by atoms with Crippen molar-refractivity contribution in [3.8, 4) is 0 Å². The average Bonchev–Trinajstić information content (AvgIpc) is 2.74. The van der Waals surface area contributed by atoms with Gasteiger partial charge < -0.3 is 11.1 Å². The highest BCUT2D eigenvalue weighted by atomic mass is 16.1. The quantitative estimate of drug-likeness (QED) is 0.875. The Morgan fingerprint density at radius 1 is 1.35 bits per heavy atom. The molecule has 0 spiro atoms. The first kappa shape index (κ1) is 13.6. The largest absolute Gasteiger partial charge is 0.366 e. The van der Waals surface area contributed by atoms with E-state index in [1.165, 1.54) is 24.8 Å². The highest BCUT2D eigenvalue weighted by Crippen LogP contribution is 2.22. The Morgan fingerprint density at radius 3 is 2.90 bits per heavy atom. The number of amides is 1. The number of hydrogen-bond acceptors (Lipinski definition) is 3. The lowest BCUT2D eigenvalue weighted by Crippen LogP contribution is -2.35. The summed E-state index contributed by atoms with van der Waals surface area (Å²) in [6.45, 7) is 5.32. The number of primary amides is 1. The average molecular weight is 273 g/mol. The van der Waals surface area contributed by atoms with Gasteiger partial charge in [0.1, 0.15) is 0 Å². The molecule has 0 aliphatic carbocycles. The number of nitrogens with two attached hydrogens (primary N) is 1. The third-order valence-corrected chi connectivity index (χ3v) is 4.63. The Balaban J connectivity index is 1.69. The van der Waals surface area contributed by atoms with Gasteiger partial charge in [0.25, 0.3) is 0 Å². The van der Waals surface area contributed by atoms with Crippen molar-refractivity contribution in [3.63, 3.8) is 0 Å². The maximum Gasteiger partial charge on any atom is 0.248 e. The molecule has 2 saturated heterocycles. The van der Waals surface area contributed by atoms with Crippen LogP contribution in [0.5, 0.6) is 0 Å². The topological polar surface area (TPSA) is 58.4 Å². The minimum absolute atomic E-state index is 0.351. The third-order valence-electron chi connectivity index (χ3n) is 4.63. The van der Waals surface area contributed by atoms with E-state index in [1.54, 1.807) is 0 Å². The summed E-state index contributed by atoms with van der Waals surface area (Å²) in [5, 5.41) is 3.70. The molecule has 1 amide bonds. The minimum atomic E-state index is -0.351. The van der Waals surface area contributed by atoms with Crippen molar-refractivity contribution in [3.05, 3.63) is 34.9 Å². The van der Waals surface area contributed by atoms with Crippen LogP contribution in [-0.4, -0.2) is 36.0 Å². The SMILES string of the molecule is Cc1cc(C(N)=O)ccc1CN1CCC2CCC(C1)N2. The van der Waals surface area contributed by atoms with Crippen LogP contribution < -0.4 is 11.1 Å². The second-order valence-corrected chi connectivity index (χ2v) is 6.17. The van der Waals surface area contributed by atoms with Crippen LogP contribution >= 0.6 is 0 Å². The Morgan fingerprint density at radius 2 is 2.15 bits per heavy atom. The molecule has 1 aromatic rings. The predicted octanol–water partition coefficient (Wildman–Crippen LogP) is 1.42. The summed E-state index contributed by atoms with van der Waals surface area (Å²) in [7, 11) is 0. The fourth-order valence-electron chi connectivity index (χ4n) is 3.43. The molecular weight excluding hydrogens is 250 g/mol. The van der Waals surface area contributed by atoms with Gasteiger partial charge in [-0.1, -0.05) is 6.07 Å². The zero-order valence-electron chi connectivity index (χ0n) is 12.1. The number of carbonyl (C=O) groups is 1. The van der Waals surface area contributed by atoms with Crippen molar-refractivity contribution in [1.29, 1.82) is 0 Å². The van der Waals surface area contributed by atoms with E-state index in [1.807, 2.05) is 18.2 Å². The first-order chi connectivity index (χ1) is 9.61. The Kier molecular flexibility index (Phi) is 3.76. The molecule has 4 nitrogen and oxygen atoms in total. The molecule has 0 saturated carbocycles. The Labute approximate surface area is 120 Å². The van der Waals surface area contributed by atoms with Crippen LogP contribution in [0.25, 0.3) is 0 Å². The van der Waals surface area contributed by atoms with Gasteiger partial charge in [-0.3, -0.25) is 9.69 Å². The monoisotopic (exact) mass is 273 g/mol. The highest BCUT2D eigenvalue weighted by molar-refractivity contribution is 5.93. The number of fused-ring (bicyclic) bond motifs is 2. The van der Waals surface area contributed by atoms with Crippen molar-refractivity contribution >= 4 is 5.91 Å². The van der Waals surface area contributed by atoms with Gasteiger partial charge in [0.15, 0.2) is 0 Å². The van der Waals surface area contributed by atoms with Gasteiger partial charge in [-0.15, -0.1) is 0 Å². The van der Waals surface area contributed by atoms with E-state index in [2.05, 4.69) is 17.1 Å². The number of carbonyl (C=O) groups excluding carboxylic acids is 1. The smallest absolute Gasteiger partial charge is 0.248 e. The van der Waals surface area contributed by atoms with Crippen molar-refractivity contribution in [2.45, 2.75) is 44.8 Å². The first-order valence-electron chi connectivity index (χ1n) is 7.49. The molecule has 0 radical (unpaired) electrons. The molecule has 2 heterocycles. The lowest BCUT2D eigenvalue weighted by molar-refractivity contribution is 0.1000. The van der Waals surface area contributed by atoms with E-state index in [9.17, 15) is 4.79 Å². The van der Waals surface area contributed by atoms with Crippen molar-refractivity contribution < 1.29 is 4.79 Å². The molecule has 2 bridgehead atoms. The highest BCUT2D eigenvalue weighted by Gasteiger charge is 2.29. The second-order valence-electron chi connectivity index (χ2n) is 6.17. The van der Waals surface area contributed by atoms with Gasteiger partial charge in [-0.25, -0.2) is 0 Å². The van der Waals surface area contributed by atoms with Crippen molar-refractivity contribution in [1.82, 2.24) is 10.2 Å². The summed E-state index contributed by atoms with van der Waals surface area (Å²) in [6.07, 6.45) is 3.89. The molecule has 2 aliphatic heterocycles. The molecule has 1 aromatic carbocycles. The van der Waals surface area contributed by atoms with Crippen LogP contribution in [0.15, 0.2) is 18.2 Å². The number of nitrogens with one attached hydrogen (secondary N) is 1. The lowest BCUT2D eigenvalue weighted by Gasteiger charge is -2.24. The molecular formula is C16H23N3O. The molecule has 2 aliphatic rings. The Hall–Kier alpha value is -1.39. The summed E-state index contributed by atoms with van der Waals surface area (Å²) in [5.74, 6) is -0.351. The fourth-order valence-corrected chi connectivity index (χ4v) is 3.43. The van der Waals surface area contributed by atoms with E-state index in [4.69, 9.17) is 5.73 Å². The van der Waals surface area contributed by atoms with E-state index < -0.39 is 0 Å². The van der Waals surface area contributed by atoms with Gasteiger partial charge in [-0.2, -0.15) is 0 Å². The minimum Gasteiger partial charge on any atom is -0.366 e. The first-order valence-corrected chi connectivity index (χ1v) is 7.49. The lowest BCUT2D eigenvalue weighted by atomic mass is 10.0. The van der Waals surface area contributed by atoms with Crippen molar-refractivity contribution in [2.24, 2.45) is 5.73 Å². The molecule has 108 valence electrons. The molecule has 0 aromatic heterocycles. The van der Waals surface area contributed by atoms with Crippen molar-refractivity contribution in [2.75, 3.05) is 13.1 Å². The van der Waals surface area contributed by atoms with Crippen LogP contribution in [0.4, 0.5) is 0 Å². The molecule has 2 atom stereocenters. The predicted molar refractivity (Wildman–Crippen MR) is 79.5 cm³/mol. The number of aryl methyl sites for hydroxylation is 1. The van der Waals surface area contributed by atoms with Crippen LogP contribution in [0, 0.1) is 6.92 Å². The zero-order chi connectivity index (χ0) is 14.1. The van der Waals surface area contributed by atoms with E-state index in [0.29, 0.717) is 11.6 Å².